The summed E-state index contributed by atoms with van der Waals surface area (Å²) in [6.45, 7) is 5.72. The summed E-state index contributed by atoms with van der Waals surface area (Å²) in [6, 6.07) is 5.58. The molecule has 9 nitrogen and oxygen atoms in total. The number of nitro groups is 1. The largest absolute Gasteiger partial charge is 0.453 e. The summed E-state index contributed by atoms with van der Waals surface area (Å²) in [5.41, 5.74) is 0.153. The highest BCUT2D eigenvalue weighted by Gasteiger charge is 2.19. The van der Waals surface area contributed by atoms with Crippen LogP contribution in [0, 0.1) is 10.1 Å². The molecule has 1 aromatic rings. The van der Waals surface area contributed by atoms with Crippen LogP contribution in [0.4, 0.5) is 11.4 Å². The molecule has 1 atom stereocenters. The van der Waals surface area contributed by atoms with Crippen molar-refractivity contribution in [2.45, 2.75) is 32.3 Å². The highest BCUT2D eigenvalue weighted by molar-refractivity contribution is 5.95. The second-order valence-corrected chi connectivity index (χ2v) is 6.34. The van der Waals surface area contributed by atoms with E-state index < -0.39 is 22.9 Å². The molecule has 1 N–H and O–H groups in total. The third-order valence-corrected chi connectivity index (χ3v) is 4.21. The quantitative estimate of drug-likeness (QED) is 0.302. The molecule has 0 aromatic heterocycles. The maximum atomic E-state index is 12.1. The van der Waals surface area contributed by atoms with Crippen molar-refractivity contribution in [3.05, 3.63) is 34.4 Å². The van der Waals surface area contributed by atoms with Gasteiger partial charge in [0.1, 0.15) is 0 Å². The minimum Gasteiger partial charge on any atom is -0.453 e. The van der Waals surface area contributed by atoms with E-state index in [4.69, 9.17) is 9.47 Å². The topological polar surface area (TPSA) is 111 Å². The third-order valence-electron chi connectivity index (χ3n) is 4.21. The number of anilines is 1. The fourth-order valence-electron chi connectivity index (χ4n) is 2.68. The van der Waals surface area contributed by atoms with Gasteiger partial charge in [0, 0.05) is 37.3 Å². The third kappa shape index (κ3) is 7.32. The van der Waals surface area contributed by atoms with Gasteiger partial charge in [0.05, 0.1) is 18.1 Å². The zero-order valence-corrected chi connectivity index (χ0v) is 15.4. The van der Waals surface area contributed by atoms with E-state index in [1.54, 1.807) is 0 Å². The van der Waals surface area contributed by atoms with Gasteiger partial charge in [0.15, 0.2) is 6.10 Å². The average molecular weight is 379 g/mol. The Morgan fingerprint density at radius 3 is 2.78 bits per heavy atom. The summed E-state index contributed by atoms with van der Waals surface area (Å²) in [5, 5.41) is 13.3. The highest BCUT2D eigenvalue weighted by Crippen LogP contribution is 2.17. The Morgan fingerprint density at radius 1 is 1.33 bits per heavy atom. The Labute approximate surface area is 157 Å². The number of hydrogen-bond donors (Lipinski definition) is 1. The van der Waals surface area contributed by atoms with Crippen LogP contribution < -0.4 is 5.32 Å². The SMILES string of the molecule is CC(OC(=O)CCCCN1CCOCC1)C(=O)Nc1cccc([N+](=O)[O-])c1. The molecule has 0 aliphatic carbocycles. The number of carbonyl (C=O) groups excluding carboxylic acids is 2. The Hall–Kier alpha value is -2.52. The fraction of sp³-hybridized carbons (Fsp3) is 0.556. The van der Waals surface area contributed by atoms with Crippen molar-refractivity contribution in [1.29, 1.82) is 0 Å². The monoisotopic (exact) mass is 379 g/mol. The lowest BCUT2D eigenvalue weighted by Gasteiger charge is -2.26. The van der Waals surface area contributed by atoms with Crippen molar-refractivity contribution >= 4 is 23.3 Å². The van der Waals surface area contributed by atoms with Crippen LogP contribution in [-0.2, 0) is 19.1 Å². The lowest BCUT2D eigenvalue weighted by atomic mass is 10.2. The van der Waals surface area contributed by atoms with Crippen molar-refractivity contribution in [1.82, 2.24) is 4.90 Å². The van der Waals surface area contributed by atoms with Crippen LogP contribution in [0.15, 0.2) is 24.3 Å². The summed E-state index contributed by atoms with van der Waals surface area (Å²) in [7, 11) is 0. The molecule has 1 amide bonds. The predicted molar refractivity (Wildman–Crippen MR) is 98.4 cm³/mol. The van der Waals surface area contributed by atoms with Crippen LogP contribution in [0.2, 0.25) is 0 Å². The van der Waals surface area contributed by atoms with Gasteiger partial charge in [-0.05, 0) is 32.4 Å². The zero-order valence-electron chi connectivity index (χ0n) is 15.4. The normalized spacial score (nSPS) is 15.7. The Kier molecular flexibility index (Phi) is 8.15. The first kappa shape index (κ1) is 20.8. The fourth-order valence-corrected chi connectivity index (χ4v) is 2.68. The van der Waals surface area contributed by atoms with Crippen molar-refractivity contribution in [3.63, 3.8) is 0 Å². The molecule has 1 heterocycles. The number of nitrogens with zero attached hydrogens (tertiary/aromatic N) is 2. The predicted octanol–water partition coefficient (Wildman–Crippen LogP) is 1.97. The molecule has 148 valence electrons. The maximum absolute atomic E-state index is 12.1. The van der Waals surface area contributed by atoms with Crippen LogP contribution >= 0.6 is 0 Å². The minimum absolute atomic E-state index is 0.127. The van der Waals surface area contributed by atoms with E-state index in [9.17, 15) is 19.7 Å². The van der Waals surface area contributed by atoms with Crippen LogP contribution in [0.3, 0.4) is 0 Å². The number of nitrogens with one attached hydrogen (secondary N) is 1. The molecule has 1 saturated heterocycles. The van der Waals surface area contributed by atoms with Gasteiger partial charge in [0.25, 0.3) is 11.6 Å². The second-order valence-electron chi connectivity index (χ2n) is 6.34. The van der Waals surface area contributed by atoms with Gasteiger partial charge in [-0.3, -0.25) is 24.6 Å². The van der Waals surface area contributed by atoms with E-state index in [0.717, 1.165) is 39.3 Å². The number of unbranched alkanes of at least 4 members (excludes halogenated alkanes) is 1. The van der Waals surface area contributed by atoms with Gasteiger partial charge in [-0.15, -0.1) is 0 Å². The van der Waals surface area contributed by atoms with Crippen LogP contribution in [-0.4, -0.2) is 60.7 Å². The van der Waals surface area contributed by atoms with Gasteiger partial charge >= 0.3 is 5.97 Å². The zero-order chi connectivity index (χ0) is 19.6. The molecule has 0 saturated carbocycles. The second kappa shape index (κ2) is 10.6. The molecule has 1 aromatic carbocycles. The number of ether oxygens (including phenoxy) is 2. The lowest BCUT2D eigenvalue weighted by molar-refractivity contribution is -0.384. The van der Waals surface area contributed by atoms with E-state index in [0.29, 0.717) is 6.42 Å². The number of rotatable bonds is 9. The van der Waals surface area contributed by atoms with Gasteiger partial charge in [-0.2, -0.15) is 0 Å². The van der Waals surface area contributed by atoms with E-state index >= 15 is 0 Å². The van der Waals surface area contributed by atoms with Gasteiger partial charge in [-0.1, -0.05) is 6.07 Å². The standard InChI is InChI=1S/C18H25N3O6/c1-14(18(23)19-15-5-4-6-16(13-15)21(24)25)27-17(22)7-2-3-8-20-9-11-26-12-10-20/h4-6,13-14H,2-3,7-12H2,1H3,(H,19,23). The highest BCUT2D eigenvalue weighted by atomic mass is 16.6. The first-order valence-corrected chi connectivity index (χ1v) is 9.00. The van der Waals surface area contributed by atoms with E-state index in [1.165, 1.54) is 31.2 Å². The summed E-state index contributed by atoms with van der Waals surface area (Å²) in [5.74, 6) is -0.962. The number of morpholine rings is 1. The average Bonchev–Trinajstić information content (AvgIpc) is 2.66. The number of benzene rings is 1. The first-order chi connectivity index (χ1) is 13.0. The molecule has 9 heteroatoms. The summed E-state index contributed by atoms with van der Waals surface area (Å²) in [4.78, 5) is 36.5. The molecule has 1 aliphatic rings. The van der Waals surface area contributed by atoms with Crippen molar-refractivity contribution in [2.24, 2.45) is 0 Å². The molecule has 0 bridgehead atoms. The van der Waals surface area contributed by atoms with E-state index in [-0.39, 0.29) is 17.8 Å². The van der Waals surface area contributed by atoms with Gasteiger partial charge < -0.3 is 14.8 Å². The summed E-state index contributed by atoms with van der Waals surface area (Å²) >= 11 is 0. The summed E-state index contributed by atoms with van der Waals surface area (Å²) < 4.78 is 10.4. The Morgan fingerprint density at radius 2 is 2.07 bits per heavy atom. The number of non-ortho nitro benzene ring substituents is 1. The Bertz CT molecular complexity index is 660. The molecule has 0 radical (unpaired) electrons. The maximum Gasteiger partial charge on any atom is 0.306 e. The first-order valence-electron chi connectivity index (χ1n) is 9.00. The molecule has 1 aliphatic heterocycles. The number of carbonyl (C=O) groups is 2. The molecule has 0 spiro atoms. The molecule has 2 rings (SSSR count). The Balaban J connectivity index is 1.67. The van der Waals surface area contributed by atoms with E-state index in [2.05, 4.69) is 10.2 Å². The van der Waals surface area contributed by atoms with Crippen molar-refractivity contribution in [3.8, 4) is 0 Å². The van der Waals surface area contributed by atoms with E-state index in [1.807, 2.05) is 0 Å². The lowest BCUT2D eigenvalue weighted by Crippen LogP contribution is -2.36. The van der Waals surface area contributed by atoms with Gasteiger partial charge in [0.2, 0.25) is 0 Å². The van der Waals surface area contributed by atoms with Crippen molar-refractivity contribution < 1.29 is 24.0 Å². The van der Waals surface area contributed by atoms with Crippen LogP contribution in [0.1, 0.15) is 26.2 Å². The number of amides is 1. The minimum atomic E-state index is -0.976. The summed E-state index contributed by atoms with van der Waals surface area (Å²) in [6.07, 6.45) is 0.841. The molecule has 1 unspecified atom stereocenters. The van der Waals surface area contributed by atoms with Crippen LogP contribution in [0.25, 0.3) is 0 Å². The molecular weight excluding hydrogens is 354 g/mol. The molecular formula is C18H25N3O6. The number of esters is 1. The van der Waals surface area contributed by atoms with Crippen molar-refractivity contribution in [2.75, 3.05) is 38.2 Å². The number of hydrogen-bond acceptors (Lipinski definition) is 7. The molecule has 1 fully saturated rings. The molecule has 27 heavy (non-hydrogen) atoms. The number of nitro benzene ring substituents is 1. The van der Waals surface area contributed by atoms with Crippen LogP contribution in [0.5, 0.6) is 0 Å². The smallest absolute Gasteiger partial charge is 0.306 e. The van der Waals surface area contributed by atoms with Gasteiger partial charge in [-0.25, -0.2) is 0 Å².